The van der Waals surface area contributed by atoms with Crippen LogP contribution in [0.4, 0.5) is 0 Å². The molecule has 2 N–H and O–H groups in total. The predicted octanol–water partition coefficient (Wildman–Crippen LogP) is 0.626. The normalized spacial score (nSPS) is 24.2. The molecule has 0 aromatic rings. The Balaban J connectivity index is 2.43. The van der Waals surface area contributed by atoms with Gasteiger partial charge < -0.3 is 10.6 Å². The number of nitrogens with one attached hydrogen (secondary N) is 2. The zero-order chi connectivity index (χ0) is 9.68. The molecule has 1 heterocycles. The lowest BCUT2D eigenvalue weighted by atomic mass is 10.1. The van der Waals surface area contributed by atoms with Gasteiger partial charge in [-0.05, 0) is 47.0 Å². The first kappa shape index (κ1) is 11.0. The van der Waals surface area contributed by atoms with Crippen molar-refractivity contribution in [1.29, 1.82) is 0 Å². The van der Waals surface area contributed by atoms with E-state index in [9.17, 15) is 0 Å². The van der Waals surface area contributed by atoms with Gasteiger partial charge in [0.05, 0.1) is 6.17 Å². The molecule has 1 rings (SSSR count). The summed E-state index contributed by atoms with van der Waals surface area (Å²) < 4.78 is 0. The highest BCUT2D eigenvalue weighted by atomic mass is 15.3. The van der Waals surface area contributed by atoms with Crippen molar-refractivity contribution in [1.82, 2.24) is 15.5 Å². The molecule has 1 fully saturated rings. The van der Waals surface area contributed by atoms with Crippen molar-refractivity contribution < 1.29 is 0 Å². The minimum atomic E-state index is 0.491. The fourth-order valence-corrected chi connectivity index (χ4v) is 2.10. The molecule has 0 aromatic heterocycles. The topological polar surface area (TPSA) is 27.3 Å². The molecule has 0 aliphatic carbocycles. The summed E-state index contributed by atoms with van der Waals surface area (Å²) in [5.74, 6) is 0. The van der Waals surface area contributed by atoms with Crippen LogP contribution in [0.5, 0.6) is 0 Å². The Bertz CT molecular complexity index is 132. The molecule has 3 nitrogen and oxygen atoms in total. The van der Waals surface area contributed by atoms with E-state index < -0.39 is 0 Å². The van der Waals surface area contributed by atoms with Gasteiger partial charge >= 0.3 is 0 Å². The van der Waals surface area contributed by atoms with Gasteiger partial charge in [0.25, 0.3) is 0 Å². The van der Waals surface area contributed by atoms with Crippen LogP contribution in [0.25, 0.3) is 0 Å². The summed E-state index contributed by atoms with van der Waals surface area (Å²) in [6.07, 6.45) is 4.61. The Morgan fingerprint density at radius 2 is 1.62 bits per heavy atom. The average Bonchev–Trinajstić information content (AvgIpc) is 2.20. The molecule has 2 atom stereocenters. The van der Waals surface area contributed by atoms with Gasteiger partial charge in [0.1, 0.15) is 0 Å². The second-order valence-corrected chi connectivity index (χ2v) is 3.91. The molecule has 0 amide bonds. The van der Waals surface area contributed by atoms with Crippen LogP contribution in [-0.2, 0) is 0 Å². The van der Waals surface area contributed by atoms with E-state index in [0.717, 1.165) is 0 Å². The average molecular weight is 185 g/mol. The molecule has 0 radical (unpaired) electrons. The Labute approximate surface area is 81.9 Å². The third kappa shape index (κ3) is 2.93. The summed E-state index contributed by atoms with van der Waals surface area (Å²) in [4.78, 5) is 2.55. The van der Waals surface area contributed by atoms with E-state index in [1.807, 2.05) is 14.1 Å². The number of hydrogen-bond acceptors (Lipinski definition) is 3. The van der Waals surface area contributed by atoms with Gasteiger partial charge in [0.15, 0.2) is 0 Å². The maximum Gasteiger partial charge on any atom is 0.0750 e. The van der Waals surface area contributed by atoms with Crippen LogP contribution in [0, 0.1) is 0 Å². The second kappa shape index (κ2) is 5.58. The first-order valence-corrected chi connectivity index (χ1v) is 5.38. The van der Waals surface area contributed by atoms with Crippen LogP contribution in [-0.4, -0.2) is 44.3 Å². The Kier molecular flexibility index (Phi) is 4.70. The van der Waals surface area contributed by atoms with Gasteiger partial charge in [-0.2, -0.15) is 0 Å². The van der Waals surface area contributed by atoms with E-state index in [-0.39, 0.29) is 0 Å². The third-order valence-corrected chi connectivity index (χ3v) is 3.01. The largest absolute Gasteiger partial charge is 0.314 e. The van der Waals surface area contributed by atoms with Gasteiger partial charge in [0.2, 0.25) is 0 Å². The summed E-state index contributed by atoms with van der Waals surface area (Å²) in [7, 11) is 4.08. The molecule has 2 unspecified atom stereocenters. The van der Waals surface area contributed by atoms with Crippen molar-refractivity contribution in [2.24, 2.45) is 0 Å². The molecule has 1 saturated heterocycles. The zero-order valence-electron chi connectivity index (χ0n) is 9.14. The second-order valence-electron chi connectivity index (χ2n) is 3.91. The van der Waals surface area contributed by atoms with Crippen molar-refractivity contribution in [3.05, 3.63) is 0 Å². The number of piperidine rings is 1. The highest BCUT2D eigenvalue weighted by molar-refractivity contribution is 4.79. The maximum atomic E-state index is 3.39. The standard InChI is InChI=1S/C10H23N3/c1-9(11-2)10(12-3)13-7-5-4-6-8-13/h9-12H,4-8H2,1-3H3. The fourth-order valence-electron chi connectivity index (χ4n) is 2.10. The lowest BCUT2D eigenvalue weighted by Gasteiger charge is -2.37. The third-order valence-electron chi connectivity index (χ3n) is 3.01. The van der Waals surface area contributed by atoms with Gasteiger partial charge in [-0.15, -0.1) is 0 Å². The van der Waals surface area contributed by atoms with Gasteiger partial charge in [-0.1, -0.05) is 6.42 Å². The molecule has 78 valence electrons. The van der Waals surface area contributed by atoms with E-state index in [1.165, 1.54) is 32.4 Å². The van der Waals surface area contributed by atoms with E-state index >= 15 is 0 Å². The molecular formula is C10H23N3. The monoisotopic (exact) mass is 185 g/mol. The summed E-state index contributed by atoms with van der Waals surface area (Å²) >= 11 is 0. The van der Waals surface area contributed by atoms with E-state index in [0.29, 0.717) is 12.2 Å². The first-order valence-electron chi connectivity index (χ1n) is 5.38. The molecule has 3 heteroatoms. The van der Waals surface area contributed by atoms with Crippen molar-refractivity contribution in [2.45, 2.75) is 38.4 Å². The quantitative estimate of drug-likeness (QED) is 0.672. The Morgan fingerprint density at radius 1 is 1.00 bits per heavy atom. The molecule has 1 aliphatic rings. The summed E-state index contributed by atoms with van der Waals surface area (Å²) in [6, 6.07) is 0.517. The van der Waals surface area contributed by atoms with Crippen molar-refractivity contribution in [2.75, 3.05) is 27.2 Å². The Hall–Kier alpha value is -0.120. The van der Waals surface area contributed by atoms with Gasteiger partial charge in [-0.25, -0.2) is 0 Å². The molecule has 0 saturated carbocycles. The van der Waals surface area contributed by atoms with E-state index in [1.54, 1.807) is 0 Å². The molecular weight excluding hydrogens is 162 g/mol. The molecule has 1 aliphatic heterocycles. The maximum absolute atomic E-state index is 3.39. The first-order chi connectivity index (χ1) is 6.29. The van der Waals surface area contributed by atoms with E-state index in [2.05, 4.69) is 22.5 Å². The molecule has 0 spiro atoms. The smallest absolute Gasteiger partial charge is 0.0750 e. The fraction of sp³-hybridized carbons (Fsp3) is 1.00. The van der Waals surface area contributed by atoms with Gasteiger partial charge in [-0.3, -0.25) is 4.90 Å². The summed E-state index contributed by atoms with van der Waals surface area (Å²) in [5.41, 5.74) is 0. The minimum Gasteiger partial charge on any atom is -0.314 e. The molecule has 0 aromatic carbocycles. The van der Waals surface area contributed by atoms with Crippen LogP contribution >= 0.6 is 0 Å². The lowest BCUT2D eigenvalue weighted by Crippen LogP contribution is -2.56. The van der Waals surface area contributed by atoms with E-state index in [4.69, 9.17) is 0 Å². The molecule has 0 bridgehead atoms. The van der Waals surface area contributed by atoms with Crippen molar-refractivity contribution in [3.8, 4) is 0 Å². The highest BCUT2D eigenvalue weighted by Gasteiger charge is 2.22. The number of rotatable bonds is 4. The summed E-state index contributed by atoms with van der Waals surface area (Å²) in [6.45, 7) is 4.73. The number of hydrogen-bond donors (Lipinski definition) is 2. The predicted molar refractivity (Wildman–Crippen MR) is 56.8 cm³/mol. The van der Waals surface area contributed by atoms with Crippen LogP contribution < -0.4 is 10.6 Å². The SMILES string of the molecule is CNC(C)C(NC)N1CCCCC1. The Morgan fingerprint density at radius 3 is 2.08 bits per heavy atom. The number of likely N-dealkylation sites (N-methyl/N-ethyl adjacent to an activating group) is 2. The van der Waals surface area contributed by atoms with Crippen molar-refractivity contribution in [3.63, 3.8) is 0 Å². The number of nitrogens with zero attached hydrogens (tertiary/aromatic N) is 1. The van der Waals surface area contributed by atoms with Crippen LogP contribution in [0.15, 0.2) is 0 Å². The van der Waals surface area contributed by atoms with Crippen LogP contribution in [0.3, 0.4) is 0 Å². The lowest BCUT2D eigenvalue weighted by molar-refractivity contribution is 0.118. The summed E-state index contributed by atoms with van der Waals surface area (Å²) in [5, 5.41) is 6.69. The van der Waals surface area contributed by atoms with Crippen LogP contribution in [0.2, 0.25) is 0 Å². The zero-order valence-corrected chi connectivity index (χ0v) is 9.14. The molecule has 13 heavy (non-hydrogen) atoms. The number of likely N-dealkylation sites (tertiary alicyclic amines) is 1. The highest BCUT2D eigenvalue weighted by Crippen LogP contribution is 2.12. The minimum absolute atomic E-state index is 0.491. The van der Waals surface area contributed by atoms with Crippen molar-refractivity contribution >= 4 is 0 Å². The van der Waals surface area contributed by atoms with Gasteiger partial charge in [0, 0.05) is 6.04 Å². The van der Waals surface area contributed by atoms with Crippen LogP contribution in [0.1, 0.15) is 26.2 Å².